The fraction of sp³-hybridized carbons (Fsp3) is 0.526. The van der Waals surface area contributed by atoms with Gasteiger partial charge >= 0.3 is 47.8 Å². The molecule has 1 N–H and O–H groups in total. The van der Waals surface area contributed by atoms with E-state index in [1.165, 1.54) is 6.07 Å². The third kappa shape index (κ3) is 11.8. The first kappa shape index (κ1) is 47.1. The summed E-state index contributed by atoms with van der Waals surface area (Å²) in [5, 5.41) is 10.8. The Morgan fingerprint density at radius 1 is 0.492 bits per heavy atom. The molecule has 1 aliphatic carbocycles. The minimum atomic E-state index is -2.14. The topological polar surface area (TPSA) is 302 Å². The summed E-state index contributed by atoms with van der Waals surface area (Å²) in [7, 11) is 0. The van der Waals surface area contributed by atoms with Crippen LogP contribution in [0.1, 0.15) is 76.1 Å². The van der Waals surface area contributed by atoms with Crippen LogP contribution in [0, 0.1) is 0 Å². The Morgan fingerprint density at radius 3 is 1.20 bits per heavy atom. The second-order valence-electron chi connectivity index (χ2n) is 13.4. The fourth-order valence-corrected chi connectivity index (χ4v) is 6.42. The highest BCUT2D eigenvalue weighted by Gasteiger charge is 2.57. The van der Waals surface area contributed by atoms with Gasteiger partial charge in [0.1, 0.15) is 31.2 Å². The second-order valence-corrected chi connectivity index (χ2v) is 13.4. The standard InChI is InChI=1S/C38H42O23/c1-14(39)50-12-24-29(52-16(3)41)33(54-18(5)43)35(56-20(7)45)37(58-24)60-31-27(48)22-10-9-11-23(47)26(22)28(49)32(31)61-38-36(57-21(8)46)34(55-19(6)44)30(53-17(4)42)25(59-38)13-51-15(2)40/h9-11,24-25,29-30,33-38,47H,12-13H2,1-8H3/t24-,25-,29-,30-,33+,34+,35-,36-,37+,38+/m1/s1. The van der Waals surface area contributed by atoms with Gasteiger partial charge in [0.2, 0.25) is 47.9 Å². The zero-order chi connectivity index (χ0) is 45.5. The van der Waals surface area contributed by atoms with Gasteiger partial charge in [0.25, 0.3) is 0 Å². The SMILES string of the molecule is CC(=O)OC[C@H]1O[C@@H](OC2=C(O[C@@H]3O[C@H](COC(C)=O)[C@@H](OC(C)=O)[C@H](OC(C)=O)[C@H]3OC(C)=O)C(=O)c3c(O)cccc3C2=O)[C@H](OC(C)=O)[C@@H](OC(C)=O)[C@@H]1OC(C)=O. The summed E-state index contributed by atoms with van der Waals surface area (Å²) >= 11 is 0. The molecule has 0 unspecified atom stereocenters. The summed E-state index contributed by atoms with van der Waals surface area (Å²) in [5.74, 6) is -13.2. The molecule has 1 aromatic rings. The number of hydrogen-bond acceptors (Lipinski definition) is 23. The highest BCUT2D eigenvalue weighted by molar-refractivity contribution is 6.26. The molecule has 0 amide bonds. The van der Waals surface area contributed by atoms with Crippen molar-refractivity contribution in [3.05, 3.63) is 40.8 Å². The summed E-state index contributed by atoms with van der Waals surface area (Å²) in [6.45, 7) is 6.36. The van der Waals surface area contributed by atoms with Crippen molar-refractivity contribution in [1.29, 1.82) is 0 Å². The zero-order valence-corrected chi connectivity index (χ0v) is 33.8. The molecule has 0 bridgehead atoms. The summed E-state index contributed by atoms with van der Waals surface area (Å²) < 4.78 is 66.5. The van der Waals surface area contributed by atoms with Crippen LogP contribution < -0.4 is 0 Å². The Bertz CT molecular complexity index is 1980. The number of carbonyl (C=O) groups excluding carboxylic acids is 10. The normalized spacial score (nSPS) is 27.0. The van der Waals surface area contributed by atoms with Crippen molar-refractivity contribution in [1.82, 2.24) is 0 Å². The van der Waals surface area contributed by atoms with Crippen molar-refractivity contribution in [2.45, 2.75) is 117 Å². The van der Waals surface area contributed by atoms with E-state index in [0.717, 1.165) is 67.5 Å². The summed E-state index contributed by atoms with van der Waals surface area (Å²) in [4.78, 5) is 127. The van der Waals surface area contributed by atoms with Crippen LogP contribution in [0.4, 0.5) is 0 Å². The number of carbonyl (C=O) groups is 10. The minimum absolute atomic E-state index is 0.473. The summed E-state index contributed by atoms with van der Waals surface area (Å²) in [6.07, 6.45) is -18.3. The van der Waals surface area contributed by atoms with E-state index in [0.29, 0.717) is 0 Å². The van der Waals surface area contributed by atoms with E-state index in [9.17, 15) is 53.1 Å². The first-order valence-electron chi connectivity index (χ1n) is 18.2. The maximum absolute atomic E-state index is 14.4. The number of rotatable bonds is 14. The lowest BCUT2D eigenvalue weighted by molar-refractivity contribution is -0.304. The van der Waals surface area contributed by atoms with E-state index in [-0.39, 0.29) is 0 Å². The van der Waals surface area contributed by atoms with E-state index in [2.05, 4.69) is 0 Å². The van der Waals surface area contributed by atoms with Crippen LogP contribution in [0.3, 0.4) is 0 Å². The molecule has 0 aromatic heterocycles. The number of esters is 8. The number of phenolic OH excluding ortho intramolecular Hbond substituents is 1. The predicted octanol–water partition coefficient (Wildman–Crippen LogP) is 0.182. The third-order valence-corrected chi connectivity index (χ3v) is 8.50. The minimum Gasteiger partial charge on any atom is -0.507 e. The highest BCUT2D eigenvalue weighted by atomic mass is 16.8. The van der Waals surface area contributed by atoms with Gasteiger partial charge in [-0.05, 0) is 12.1 Å². The number of ketones is 2. The van der Waals surface area contributed by atoms with Crippen LogP contribution in [0.15, 0.2) is 29.7 Å². The lowest BCUT2D eigenvalue weighted by atomic mass is 9.91. The molecule has 0 radical (unpaired) electrons. The number of hydrogen-bond donors (Lipinski definition) is 1. The van der Waals surface area contributed by atoms with Crippen molar-refractivity contribution < 1.29 is 110 Å². The number of allylic oxidation sites excluding steroid dienone is 2. The van der Waals surface area contributed by atoms with Crippen molar-refractivity contribution in [2.75, 3.05) is 13.2 Å². The van der Waals surface area contributed by atoms with Crippen LogP contribution in [-0.4, -0.2) is 139 Å². The molecule has 0 spiro atoms. The average Bonchev–Trinajstić information content (AvgIpc) is 3.13. The van der Waals surface area contributed by atoms with Gasteiger partial charge in [-0.1, -0.05) is 6.07 Å². The van der Waals surface area contributed by atoms with Crippen molar-refractivity contribution >= 4 is 59.3 Å². The Hall–Kier alpha value is -6.62. The average molecular weight is 867 g/mol. The van der Waals surface area contributed by atoms with Crippen molar-refractivity contribution in [2.24, 2.45) is 0 Å². The Morgan fingerprint density at radius 2 is 0.836 bits per heavy atom. The summed E-state index contributed by atoms with van der Waals surface area (Å²) in [5.41, 5.74) is -1.11. The first-order valence-corrected chi connectivity index (χ1v) is 18.2. The van der Waals surface area contributed by atoms with E-state index in [1.54, 1.807) is 0 Å². The molecular formula is C38H42O23. The van der Waals surface area contributed by atoms with E-state index < -0.39 is 162 Å². The number of ether oxygens (including phenoxy) is 12. The van der Waals surface area contributed by atoms with Crippen molar-refractivity contribution in [3.63, 3.8) is 0 Å². The molecule has 3 aliphatic rings. The Labute approximate surface area is 345 Å². The largest absolute Gasteiger partial charge is 0.507 e. The Balaban J connectivity index is 1.96. The molecule has 10 atom stereocenters. The number of Topliss-reactive ketones (excluding diaryl/α,β-unsaturated/α-hetero) is 2. The number of aromatic hydroxyl groups is 1. The quantitative estimate of drug-likeness (QED) is 0.193. The maximum Gasteiger partial charge on any atom is 0.303 e. The second kappa shape index (κ2) is 20.1. The predicted molar refractivity (Wildman–Crippen MR) is 190 cm³/mol. The molecule has 0 saturated carbocycles. The monoisotopic (exact) mass is 866 g/mol. The van der Waals surface area contributed by atoms with Crippen LogP contribution in [-0.2, 0) is 95.2 Å². The van der Waals surface area contributed by atoms with Gasteiger partial charge in [-0.25, -0.2) is 0 Å². The van der Waals surface area contributed by atoms with Crippen LogP contribution in [0.25, 0.3) is 0 Å². The van der Waals surface area contributed by atoms with Crippen LogP contribution in [0.5, 0.6) is 5.75 Å². The van der Waals surface area contributed by atoms with Gasteiger partial charge in [-0.15, -0.1) is 0 Å². The van der Waals surface area contributed by atoms with E-state index >= 15 is 0 Å². The number of phenols is 1. The molecular weight excluding hydrogens is 824 g/mol. The molecule has 2 heterocycles. The van der Waals surface area contributed by atoms with Gasteiger partial charge < -0.3 is 61.9 Å². The van der Waals surface area contributed by atoms with Crippen LogP contribution >= 0.6 is 0 Å². The molecule has 2 fully saturated rings. The van der Waals surface area contributed by atoms with E-state index in [4.69, 9.17) is 56.8 Å². The lowest BCUT2D eigenvalue weighted by Gasteiger charge is -2.45. The number of benzene rings is 1. The lowest BCUT2D eigenvalue weighted by Crippen LogP contribution is -2.63. The van der Waals surface area contributed by atoms with Gasteiger partial charge in [-0.3, -0.25) is 47.9 Å². The van der Waals surface area contributed by atoms with Crippen LogP contribution in [0.2, 0.25) is 0 Å². The molecule has 2 aliphatic heterocycles. The molecule has 2 saturated heterocycles. The van der Waals surface area contributed by atoms with E-state index in [1.807, 2.05) is 0 Å². The molecule has 61 heavy (non-hydrogen) atoms. The van der Waals surface area contributed by atoms with Gasteiger partial charge in [0, 0.05) is 61.0 Å². The fourth-order valence-electron chi connectivity index (χ4n) is 6.42. The molecule has 23 nitrogen and oxygen atoms in total. The smallest absolute Gasteiger partial charge is 0.303 e. The Kier molecular flexibility index (Phi) is 15.5. The molecule has 4 rings (SSSR count). The summed E-state index contributed by atoms with van der Waals surface area (Å²) in [6, 6.07) is 3.38. The zero-order valence-electron chi connectivity index (χ0n) is 33.8. The van der Waals surface area contributed by atoms with Gasteiger partial charge in [-0.2, -0.15) is 0 Å². The first-order chi connectivity index (χ1) is 28.6. The highest BCUT2D eigenvalue weighted by Crippen LogP contribution is 2.39. The number of fused-ring (bicyclic) bond motifs is 1. The van der Waals surface area contributed by atoms with Gasteiger partial charge in [0.15, 0.2) is 24.4 Å². The molecule has 1 aromatic carbocycles. The van der Waals surface area contributed by atoms with Crippen molar-refractivity contribution in [3.8, 4) is 5.75 Å². The maximum atomic E-state index is 14.4. The van der Waals surface area contributed by atoms with Gasteiger partial charge in [0.05, 0.1) is 5.56 Å². The molecule has 332 valence electrons. The third-order valence-electron chi connectivity index (χ3n) is 8.50. The molecule has 23 heteroatoms.